The third-order valence-corrected chi connectivity index (χ3v) is 2.84. The summed E-state index contributed by atoms with van der Waals surface area (Å²) in [6, 6.07) is 0. The van der Waals surface area contributed by atoms with Gasteiger partial charge in [-0.3, -0.25) is 4.79 Å². The van der Waals surface area contributed by atoms with Gasteiger partial charge < -0.3 is 4.74 Å². The first-order chi connectivity index (χ1) is 5.75. The zero-order chi connectivity index (χ0) is 8.97. The van der Waals surface area contributed by atoms with Gasteiger partial charge in [0.1, 0.15) is 6.10 Å². The van der Waals surface area contributed by atoms with Crippen LogP contribution in [0.3, 0.4) is 0 Å². The summed E-state index contributed by atoms with van der Waals surface area (Å²) in [4.78, 5) is 10.2. The van der Waals surface area contributed by atoms with Gasteiger partial charge in [-0.1, -0.05) is 20.3 Å². The number of ether oxygens (including phenoxy) is 1. The summed E-state index contributed by atoms with van der Waals surface area (Å²) in [5.74, 6) is 1.22. The van der Waals surface area contributed by atoms with Crippen molar-refractivity contribution in [2.24, 2.45) is 11.8 Å². The second-order valence-corrected chi connectivity index (χ2v) is 3.96. The topological polar surface area (TPSA) is 26.3 Å². The highest BCUT2D eigenvalue weighted by Crippen LogP contribution is 2.31. The molecule has 0 N–H and O–H groups in total. The summed E-state index contributed by atoms with van der Waals surface area (Å²) in [6.07, 6.45) is 4.97. The molecule has 70 valence electrons. The Balaban J connectivity index is 2.47. The molecule has 12 heavy (non-hydrogen) atoms. The molecular weight excluding hydrogens is 152 g/mol. The fraction of sp³-hybridized carbons (Fsp3) is 0.900. The molecule has 0 radical (unpaired) electrons. The van der Waals surface area contributed by atoms with Crippen molar-refractivity contribution in [1.82, 2.24) is 0 Å². The number of rotatable bonds is 3. The van der Waals surface area contributed by atoms with E-state index in [-0.39, 0.29) is 6.10 Å². The monoisotopic (exact) mass is 170 g/mol. The molecule has 0 spiro atoms. The highest BCUT2D eigenvalue weighted by molar-refractivity contribution is 5.37. The molecule has 0 saturated heterocycles. The van der Waals surface area contributed by atoms with Crippen LogP contribution in [0.4, 0.5) is 0 Å². The van der Waals surface area contributed by atoms with Crippen LogP contribution in [0.15, 0.2) is 0 Å². The SMILES string of the molecule is CC(C)[C@@H]1CCCC[C@H]1OC=O. The first-order valence-corrected chi connectivity index (χ1v) is 4.84. The number of carbonyl (C=O) groups excluding carboxylic acids is 1. The van der Waals surface area contributed by atoms with Crippen LogP contribution in [-0.2, 0) is 9.53 Å². The molecule has 0 aliphatic heterocycles. The minimum atomic E-state index is 0.191. The minimum Gasteiger partial charge on any atom is -0.464 e. The Bertz CT molecular complexity index is 143. The van der Waals surface area contributed by atoms with Crippen molar-refractivity contribution in [3.8, 4) is 0 Å². The lowest BCUT2D eigenvalue weighted by Gasteiger charge is -2.32. The summed E-state index contributed by atoms with van der Waals surface area (Å²) in [7, 11) is 0. The first-order valence-electron chi connectivity index (χ1n) is 4.84. The van der Waals surface area contributed by atoms with Crippen molar-refractivity contribution in [3.05, 3.63) is 0 Å². The van der Waals surface area contributed by atoms with Crippen LogP contribution in [0, 0.1) is 11.8 Å². The second kappa shape index (κ2) is 4.48. The number of carbonyl (C=O) groups is 1. The third-order valence-electron chi connectivity index (χ3n) is 2.84. The Morgan fingerprint density at radius 2 is 2.00 bits per heavy atom. The summed E-state index contributed by atoms with van der Waals surface area (Å²) in [6.45, 7) is 5.01. The minimum absolute atomic E-state index is 0.191. The van der Waals surface area contributed by atoms with E-state index in [2.05, 4.69) is 13.8 Å². The molecule has 2 nitrogen and oxygen atoms in total. The number of hydrogen-bond donors (Lipinski definition) is 0. The molecule has 0 aromatic rings. The highest BCUT2D eigenvalue weighted by atomic mass is 16.5. The van der Waals surface area contributed by atoms with Gasteiger partial charge in [0.05, 0.1) is 0 Å². The van der Waals surface area contributed by atoms with E-state index < -0.39 is 0 Å². The fourth-order valence-corrected chi connectivity index (χ4v) is 2.13. The quantitative estimate of drug-likeness (QED) is 0.608. The van der Waals surface area contributed by atoms with Gasteiger partial charge in [-0.05, 0) is 31.1 Å². The molecule has 0 aromatic heterocycles. The van der Waals surface area contributed by atoms with Crippen molar-refractivity contribution in [3.63, 3.8) is 0 Å². The lowest BCUT2D eigenvalue weighted by Crippen LogP contribution is -2.30. The number of hydrogen-bond acceptors (Lipinski definition) is 2. The van der Waals surface area contributed by atoms with Gasteiger partial charge in [0.15, 0.2) is 0 Å². The second-order valence-electron chi connectivity index (χ2n) is 3.96. The van der Waals surface area contributed by atoms with E-state index in [1.165, 1.54) is 19.3 Å². The first kappa shape index (κ1) is 9.56. The Kier molecular flexibility index (Phi) is 3.57. The smallest absolute Gasteiger partial charge is 0.293 e. The molecule has 0 unspecified atom stereocenters. The van der Waals surface area contributed by atoms with E-state index in [9.17, 15) is 4.79 Å². The van der Waals surface area contributed by atoms with Crippen LogP contribution < -0.4 is 0 Å². The zero-order valence-corrected chi connectivity index (χ0v) is 7.95. The fourth-order valence-electron chi connectivity index (χ4n) is 2.13. The van der Waals surface area contributed by atoms with Crippen LogP contribution in [-0.4, -0.2) is 12.6 Å². The molecule has 0 heterocycles. The van der Waals surface area contributed by atoms with Gasteiger partial charge in [0, 0.05) is 0 Å². The Hall–Kier alpha value is -0.530. The Morgan fingerprint density at radius 3 is 2.58 bits per heavy atom. The largest absolute Gasteiger partial charge is 0.464 e. The van der Waals surface area contributed by atoms with Crippen molar-refractivity contribution in [2.45, 2.75) is 45.6 Å². The predicted molar refractivity (Wildman–Crippen MR) is 47.7 cm³/mol. The lowest BCUT2D eigenvalue weighted by atomic mass is 9.79. The molecule has 1 rings (SSSR count). The third kappa shape index (κ3) is 2.23. The predicted octanol–water partition coefficient (Wildman–Crippen LogP) is 2.37. The average Bonchev–Trinajstić information content (AvgIpc) is 2.05. The normalized spacial score (nSPS) is 30.2. The maximum atomic E-state index is 10.2. The van der Waals surface area contributed by atoms with E-state index in [0.717, 1.165) is 6.42 Å². The van der Waals surface area contributed by atoms with Crippen molar-refractivity contribution >= 4 is 6.47 Å². The van der Waals surface area contributed by atoms with Crippen LogP contribution in [0.2, 0.25) is 0 Å². The van der Waals surface area contributed by atoms with Crippen molar-refractivity contribution < 1.29 is 9.53 Å². The van der Waals surface area contributed by atoms with Gasteiger partial charge in [-0.15, -0.1) is 0 Å². The van der Waals surface area contributed by atoms with E-state index in [1.54, 1.807) is 0 Å². The molecule has 2 atom stereocenters. The summed E-state index contributed by atoms with van der Waals surface area (Å²) in [5, 5.41) is 0. The molecule has 0 amide bonds. The Labute approximate surface area is 74.3 Å². The molecule has 1 saturated carbocycles. The van der Waals surface area contributed by atoms with Crippen LogP contribution in [0.5, 0.6) is 0 Å². The summed E-state index contributed by atoms with van der Waals surface area (Å²) in [5.41, 5.74) is 0. The molecule has 1 fully saturated rings. The molecule has 2 heteroatoms. The van der Waals surface area contributed by atoms with Crippen LogP contribution in [0.25, 0.3) is 0 Å². The molecular formula is C10H18O2. The van der Waals surface area contributed by atoms with E-state index in [1.807, 2.05) is 0 Å². The summed E-state index contributed by atoms with van der Waals surface area (Å²) < 4.78 is 5.08. The van der Waals surface area contributed by atoms with E-state index >= 15 is 0 Å². The highest BCUT2D eigenvalue weighted by Gasteiger charge is 2.28. The van der Waals surface area contributed by atoms with Crippen molar-refractivity contribution in [2.75, 3.05) is 0 Å². The van der Waals surface area contributed by atoms with Gasteiger partial charge in [0.2, 0.25) is 0 Å². The van der Waals surface area contributed by atoms with Gasteiger partial charge in [-0.25, -0.2) is 0 Å². The van der Waals surface area contributed by atoms with Crippen LogP contribution in [0.1, 0.15) is 39.5 Å². The average molecular weight is 170 g/mol. The maximum absolute atomic E-state index is 10.2. The maximum Gasteiger partial charge on any atom is 0.293 e. The van der Waals surface area contributed by atoms with Gasteiger partial charge in [-0.2, -0.15) is 0 Å². The van der Waals surface area contributed by atoms with E-state index in [0.29, 0.717) is 18.3 Å². The van der Waals surface area contributed by atoms with Crippen molar-refractivity contribution in [1.29, 1.82) is 0 Å². The van der Waals surface area contributed by atoms with E-state index in [4.69, 9.17) is 4.74 Å². The van der Waals surface area contributed by atoms with Gasteiger partial charge >= 0.3 is 0 Å². The Morgan fingerprint density at radius 1 is 1.33 bits per heavy atom. The standard InChI is InChI=1S/C10H18O2/c1-8(2)9-5-3-4-6-10(9)12-7-11/h7-10H,3-6H2,1-2H3/t9-,10+/m0/s1. The molecule has 0 aromatic carbocycles. The van der Waals surface area contributed by atoms with Gasteiger partial charge in [0.25, 0.3) is 6.47 Å². The zero-order valence-electron chi connectivity index (χ0n) is 7.95. The molecule has 0 bridgehead atoms. The summed E-state index contributed by atoms with van der Waals surface area (Å²) >= 11 is 0. The molecule has 1 aliphatic rings. The van der Waals surface area contributed by atoms with Crippen LogP contribution >= 0.6 is 0 Å². The molecule has 1 aliphatic carbocycles. The lowest BCUT2D eigenvalue weighted by molar-refractivity contribution is -0.138.